The van der Waals surface area contributed by atoms with Gasteiger partial charge in [0, 0.05) is 12.8 Å². The maximum Gasteiger partial charge on any atom is 0.305 e. The number of unbranched alkanes of at least 4 members (excludes halogenated alkanes) is 42. The molecule has 0 saturated carbocycles. The molecule has 0 bridgehead atoms. The van der Waals surface area contributed by atoms with Crippen molar-refractivity contribution in [3.8, 4) is 0 Å². The highest BCUT2D eigenvalue weighted by atomic mass is 16.5. The molecule has 0 aliphatic carbocycles. The molecule has 0 rings (SSSR count). The van der Waals surface area contributed by atoms with E-state index in [0.717, 1.165) is 25.7 Å². The maximum absolute atomic E-state index is 11.8. The van der Waals surface area contributed by atoms with E-state index in [2.05, 4.69) is 27.7 Å². The van der Waals surface area contributed by atoms with E-state index in [1.807, 2.05) is 0 Å². The van der Waals surface area contributed by atoms with E-state index in [1.54, 1.807) is 0 Å². The maximum atomic E-state index is 11.8. The molecule has 0 radical (unpaired) electrons. The van der Waals surface area contributed by atoms with Gasteiger partial charge in [-0.15, -0.1) is 0 Å². The highest BCUT2D eigenvalue weighted by molar-refractivity contribution is 5.69. The SMILES string of the molecule is CCCCCCCCCCCCCCCCCC(=O)OCCCCCC.CCCCCCCCCCCCCCCCCCOC(=O)CCCCCCCCCCCCC. The topological polar surface area (TPSA) is 52.6 Å². The third-order valence-corrected chi connectivity index (χ3v) is 12.5. The van der Waals surface area contributed by atoms with Gasteiger partial charge >= 0.3 is 11.9 Å². The third-order valence-electron chi connectivity index (χ3n) is 12.5. The molecule has 0 saturated heterocycles. The van der Waals surface area contributed by atoms with Crippen LogP contribution in [0.2, 0.25) is 0 Å². The average Bonchev–Trinajstić information content (AvgIpc) is 3.25. The lowest BCUT2D eigenvalue weighted by molar-refractivity contribution is -0.144. The highest BCUT2D eigenvalue weighted by Crippen LogP contribution is 2.16. The van der Waals surface area contributed by atoms with Gasteiger partial charge in [0.1, 0.15) is 0 Å². The zero-order valence-corrected chi connectivity index (χ0v) is 42.0. The Bertz CT molecular complexity index is 781. The summed E-state index contributed by atoms with van der Waals surface area (Å²) in [6.07, 6.45) is 62.9. The minimum absolute atomic E-state index is 0.0104. The van der Waals surface area contributed by atoms with Crippen LogP contribution in [0.5, 0.6) is 0 Å². The first-order chi connectivity index (χ1) is 29.6. The molecule has 0 fully saturated rings. The Balaban J connectivity index is 0. The fourth-order valence-electron chi connectivity index (χ4n) is 8.27. The van der Waals surface area contributed by atoms with Crippen molar-refractivity contribution < 1.29 is 19.1 Å². The Morgan fingerprint density at radius 2 is 0.367 bits per heavy atom. The Labute approximate surface area is 378 Å². The van der Waals surface area contributed by atoms with Crippen LogP contribution in [0.4, 0.5) is 0 Å². The Kier molecular flexibility index (Phi) is 58.9. The van der Waals surface area contributed by atoms with Crippen LogP contribution in [-0.4, -0.2) is 25.2 Å². The molecule has 0 aliphatic rings. The van der Waals surface area contributed by atoms with Gasteiger partial charge in [0.05, 0.1) is 13.2 Å². The third kappa shape index (κ3) is 59.0. The lowest BCUT2D eigenvalue weighted by atomic mass is 10.0. The zero-order valence-electron chi connectivity index (χ0n) is 42.0. The van der Waals surface area contributed by atoms with Crippen molar-refractivity contribution in [2.75, 3.05) is 13.2 Å². The van der Waals surface area contributed by atoms with Crippen molar-refractivity contribution in [1.29, 1.82) is 0 Å². The van der Waals surface area contributed by atoms with Gasteiger partial charge in [-0.2, -0.15) is 0 Å². The van der Waals surface area contributed by atoms with Crippen molar-refractivity contribution in [3.63, 3.8) is 0 Å². The van der Waals surface area contributed by atoms with Crippen LogP contribution >= 0.6 is 0 Å². The molecule has 0 aromatic rings. The number of ether oxygens (including phenoxy) is 2. The van der Waals surface area contributed by atoms with E-state index in [4.69, 9.17) is 9.47 Å². The minimum Gasteiger partial charge on any atom is -0.466 e. The number of rotatable bonds is 50. The number of carbonyl (C=O) groups is 2. The molecule has 0 heterocycles. The normalized spacial score (nSPS) is 11.1. The van der Waals surface area contributed by atoms with Crippen LogP contribution in [0.25, 0.3) is 0 Å². The van der Waals surface area contributed by atoms with Gasteiger partial charge in [-0.1, -0.05) is 297 Å². The van der Waals surface area contributed by atoms with Gasteiger partial charge in [-0.25, -0.2) is 0 Å². The van der Waals surface area contributed by atoms with Gasteiger partial charge in [0.15, 0.2) is 0 Å². The highest BCUT2D eigenvalue weighted by Gasteiger charge is 2.04. The fraction of sp³-hybridized carbons (Fsp3) is 0.964. The summed E-state index contributed by atoms with van der Waals surface area (Å²) in [6, 6.07) is 0. The molecular formula is C56H112O4. The number of hydrogen-bond acceptors (Lipinski definition) is 4. The lowest BCUT2D eigenvalue weighted by Gasteiger charge is -2.06. The second-order valence-electron chi connectivity index (χ2n) is 18.8. The predicted molar refractivity (Wildman–Crippen MR) is 266 cm³/mol. The number of esters is 2. The predicted octanol–water partition coefficient (Wildman–Crippen LogP) is 19.9. The smallest absolute Gasteiger partial charge is 0.305 e. The Morgan fingerprint density at radius 3 is 0.567 bits per heavy atom. The van der Waals surface area contributed by atoms with Crippen molar-refractivity contribution in [2.45, 2.75) is 336 Å². The quantitative estimate of drug-likeness (QED) is 0.0452. The summed E-state index contributed by atoms with van der Waals surface area (Å²) in [7, 11) is 0. The molecule has 0 aliphatic heterocycles. The Morgan fingerprint density at radius 1 is 0.217 bits per heavy atom. The molecule has 0 atom stereocenters. The van der Waals surface area contributed by atoms with Crippen molar-refractivity contribution in [2.24, 2.45) is 0 Å². The van der Waals surface area contributed by atoms with E-state index in [0.29, 0.717) is 26.1 Å². The summed E-state index contributed by atoms with van der Waals surface area (Å²) < 4.78 is 10.7. The minimum atomic E-state index is 0.0104. The standard InChI is InChI=1S/C32H64O2.C24H48O2/c1-3-5-7-9-11-13-15-16-17-18-19-21-23-25-27-29-31-34-32(33)30-28-26-24-22-20-14-12-10-8-6-4-2;1-3-5-7-9-10-11-12-13-14-15-16-17-18-19-20-22-24(25)26-23-21-8-6-4-2/h3-31H2,1-2H3;3-23H2,1-2H3. The summed E-state index contributed by atoms with van der Waals surface area (Å²) in [5.74, 6) is 0.0353. The van der Waals surface area contributed by atoms with Crippen LogP contribution in [0, 0.1) is 0 Å². The first-order valence-electron chi connectivity index (χ1n) is 27.9. The van der Waals surface area contributed by atoms with Gasteiger partial charge < -0.3 is 9.47 Å². The average molecular weight is 850 g/mol. The molecule has 0 spiro atoms. The van der Waals surface area contributed by atoms with Crippen LogP contribution in [0.15, 0.2) is 0 Å². The summed E-state index contributed by atoms with van der Waals surface area (Å²) in [5, 5.41) is 0. The van der Waals surface area contributed by atoms with Crippen LogP contribution in [0.3, 0.4) is 0 Å². The largest absolute Gasteiger partial charge is 0.466 e. The fourth-order valence-corrected chi connectivity index (χ4v) is 8.27. The van der Waals surface area contributed by atoms with Gasteiger partial charge in [0.2, 0.25) is 0 Å². The lowest BCUT2D eigenvalue weighted by Crippen LogP contribution is -2.05. The van der Waals surface area contributed by atoms with Crippen molar-refractivity contribution in [1.82, 2.24) is 0 Å². The van der Waals surface area contributed by atoms with Crippen molar-refractivity contribution in [3.05, 3.63) is 0 Å². The molecule has 0 unspecified atom stereocenters. The molecule has 4 heteroatoms. The first-order valence-corrected chi connectivity index (χ1v) is 27.9. The first kappa shape index (κ1) is 61.0. The number of carbonyl (C=O) groups excluding carboxylic acids is 2. The summed E-state index contributed by atoms with van der Waals surface area (Å²) in [5.41, 5.74) is 0. The summed E-state index contributed by atoms with van der Waals surface area (Å²) in [4.78, 5) is 23.4. The van der Waals surface area contributed by atoms with E-state index in [-0.39, 0.29) is 11.9 Å². The van der Waals surface area contributed by atoms with Crippen LogP contribution in [0.1, 0.15) is 336 Å². The Hall–Kier alpha value is -1.06. The van der Waals surface area contributed by atoms with E-state index in [1.165, 1.54) is 270 Å². The second kappa shape index (κ2) is 57.9. The van der Waals surface area contributed by atoms with E-state index < -0.39 is 0 Å². The second-order valence-corrected chi connectivity index (χ2v) is 18.8. The van der Waals surface area contributed by atoms with E-state index >= 15 is 0 Å². The van der Waals surface area contributed by atoms with Gasteiger partial charge in [-0.05, 0) is 25.7 Å². The molecule has 0 N–H and O–H groups in total. The molecule has 360 valence electrons. The van der Waals surface area contributed by atoms with Gasteiger partial charge in [0.25, 0.3) is 0 Å². The van der Waals surface area contributed by atoms with Crippen molar-refractivity contribution >= 4 is 11.9 Å². The summed E-state index contributed by atoms with van der Waals surface area (Å²) in [6.45, 7) is 10.3. The van der Waals surface area contributed by atoms with Gasteiger partial charge in [-0.3, -0.25) is 9.59 Å². The molecule has 0 aromatic carbocycles. The molecule has 0 amide bonds. The zero-order chi connectivity index (χ0) is 43.9. The van der Waals surface area contributed by atoms with Crippen LogP contribution < -0.4 is 0 Å². The summed E-state index contributed by atoms with van der Waals surface area (Å²) >= 11 is 0. The van der Waals surface area contributed by atoms with E-state index in [9.17, 15) is 9.59 Å². The number of hydrogen-bond donors (Lipinski definition) is 0. The monoisotopic (exact) mass is 849 g/mol. The molecule has 0 aromatic heterocycles. The molecule has 4 nitrogen and oxygen atoms in total. The van der Waals surface area contributed by atoms with Crippen LogP contribution in [-0.2, 0) is 19.1 Å². The molecule has 60 heavy (non-hydrogen) atoms. The molecular weight excluding hydrogens is 737 g/mol.